The van der Waals surface area contributed by atoms with Crippen molar-refractivity contribution >= 4 is 5.97 Å². The Morgan fingerprint density at radius 3 is 2.33 bits per heavy atom. The van der Waals surface area contributed by atoms with Crippen molar-refractivity contribution in [1.82, 2.24) is 0 Å². The molecule has 0 aromatic heterocycles. The molecule has 0 radical (unpaired) electrons. The first kappa shape index (κ1) is 16.7. The standard InChI is InChI=1S/C14H20O2.C2H6/c1-3-7-12(10-14(15)16)13-9-6-5-8-11(13)4-2;1-2/h5-6,8-9,12H,3-4,7,10H2,1-2H3,(H,15,16);1-2H3. The Kier molecular flexibility index (Phi) is 8.99. The van der Waals surface area contributed by atoms with Crippen LogP contribution in [-0.4, -0.2) is 11.1 Å². The zero-order valence-corrected chi connectivity index (χ0v) is 12.1. The fourth-order valence-electron chi connectivity index (χ4n) is 2.18. The number of aryl methyl sites for hydroxylation is 1. The van der Waals surface area contributed by atoms with Crippen LogP contribution in [0, 0.1) is 0 Å². The van der Waals surface area contributed by atoms with Gasteiger partial charge in [-0.2, -0.15) is 0 Å². The van der Waals surface area contributed by atoms with Gasteiger partial charge < -0.3 is 5.11 Å². The SMILES string of the molecule is CC.CCCC(CC(=O)O)c1ccccc1CC. The van der Waals surface area contributed by atoms with Crippen LogP contribution in [0.1, 0.15) is 64.0 Å². The van der Waals surface area contributed by atoms with Crippen molar-refractivity contribution in [3.63, 3.8) is 0 Å². The molecule has 1 aromatic rings. The summed E-state index contributed by atoms with van der Waals surface area (Å²) in [5, 5.41) is 8.94. The summed E-state index contributed by atoms with van der Waals surface area (Å²) in [7, 11) is 0. The molecule has 0 saturated carbocycles. The Bertz CT molecular complexity index is 345. The van der Waals surface area contributed by atoms with Gasteiger partial charge >= 0.3 is 5.97 Å². The lowest BCUT2D eigenvalue weighted by molar-refractivity contribution is -0.137. The highest BCUT2D eigenvalue weighted by molar-refractivity contribution is 5.68. The quantitative estimate of drug-likeness (QED) is 0.799. The highest BCUT2D eigenvalue weighted by atomic mass is 16.4. The Labute approximate surface area is 111 Å². The molecule has 102 valence electrons. The van der Waals surface area contributed by atoms with E-state index in [-0.39, 0.29) is 12.3 Å². The Morgan fingerprint density at radius 1 is 1.22 bits per heavy atom. The topological polar surface area (TPSA) is 37.3 Å². The van der Waals surface area contributed by atoms with Crippen molar-refractivity contribution in [2.45, 2.75) is 59.3 Å². The minimum atomic E-state index is -0.704. The van der Waals surface area contributed by atoms with Crippen LogP contribution >= 0.6 is 0 Å². The summed E-state index contributed by atoms with van der Waals surface area (Å²) in [5.74, 6) is -0.539. The average molecular weight is 250 g/mol. The molecule has 0 aliphatic carbocycles. The van der Waals surface area contributed by atoms with E-state index >= 15 is 0 Å². The third-order valence-electron chi connectivity index (χ3n) is 2.93. The van der Waals surface area contributed by atoms with Gasteiger partial charge in [0.1, 0.15) is 0 Å². The molecule has 0 aliphatic heterocycles. The maximum Gasteiger partial charge on any atom is 0.303 e. The summed E-state index contributed by atoms with van der Waals surface area (Å²) in [6.07, 6.45) is 3.18. The van der Waals surface area contributed by atoms with Crippen LogP contribution in [0.4, 0.5) is 0 Å². The highest BCUT2D eigenvalue weighted by Crippen LogP contribution is 2.28. The summed E-state index contributed by atoms with van der Waals surface area (Å²) in [6, 6.07) is 8.19. The van der Waals surface area contributed by atoms with Gasteiger partial charge in [-0.05, 0) is 29.9 Å². The van der Waals surface area contributed by atoms with E-state index in [0.717, 1.165) is 19.3 Å². The molecule has 0 amide bonds. The number of carbonyl (C=O) groups is 1. The van der Waals surface area contributed by atoms with Crippen molar-refractivity contribution in [3.05, 3.63) is 35.4 Å². The monoisotopic (exact) mass is 250 g/mol. The molecule has 18 heavy (non-hydrogen) atoms. The molecule has 0 heterocycles. The molecule has 1 N–H and O–H groups in total. The lowest BCUT2D eigenvalue weighted by Crippen LogP contribution is -2.08. The van der Waals surface area contributed by atoms with Crippen LogP contribution in [0.15, 0.2) is 24.3 Å². The number of aliphatic carboxylic acids is 1. The van der Waals surface area contributed by atoms with Gasteiger partial charge in [0.05, 0.1) is 6.42 Å². The van der Waals surface area contributed by atoms with Gasteiger partial charge in [0.2, 0.25) is 0 Å². The van der Waals surface area contributed by atoms with Crippen molar-refractivity contribution < 1.29 is 9.90 Å². The van der Waals surface area contributed by atoms with Gasteiger partial charge in [-0.3, -0.25) is 4.79 Å². The average Bonchev–Trinajstić information content (AvgIpc) is 2.40. The Morgan fingerprint density at radius 2 is 1.83 bits per heavy atom. The summed E-state index contributed by atoms with van der Waals surface area (Å²) in [4.78, 5) is 10.9. The molecule has 1 unspecified atom stereocenters. The molecule has 0 aliphatic rings. The molecule has 2 nitrogen and oxygen atoms in total. The Balaban J connectivity index is 0.00000137. The molecule has 0 fully saturated rings. The maximum atomic E-state index is 10.9. The van der Waals surface area contributed by atoms with Crippen LogP contribution in [-0.2, 0) is 11.2 Å². The third kappa shape index (κ3) is 5.35. The van der Waals surface area contributed by atoms with Crippen molar-refractivity contribution in [2.24, 2.45) is 0 Å². The molecule has 1 aromatic carbocycles. The van der Waals surface area contributed by atoms with Crippen LogP contribution in [0.25, 0.3) is 0 Å². The second kappa shape index (κ2) is 9.69. The zero-order valence-electron chi connectivity index (χ0n) is 12.1. The fourth-order valence-corrected chi connectivity index (χ4v) is 2.18. The fraction of sp³-hybridized carbons (Fsp3) is 0.562. The van der Waals surface area contributed by atoms with Gasteiger partial charge in [-0.15, -0.1) is 0 Å². The summed E-state index contributed by atoms with van der Waals surface area (Å²) in [5.41, 5.74) is 2.50. The molecule has 1 atom stereocenters. The van der Waals surface area contributed by atoms with Crippen LogP contribution < -0.4 is 0 Å². The van der Waals surface area contributed by atoms with Crippen LogP contribution in [0.2, 0.25) is 0 Å². The molecular weight excluding hydrogens is 224 g/mol. The van der Waals surface area contributed by atoms with E-state index < -0.39 is 5.97 Å². The molecule has 2 heteroatoms. The van der Waals surface area contributed by atoms with Crippen molar-refractivity contribution in [1.29, 1.82) is 0 Å². The lowest BCUT2D eigenvalue weighted by Gasteiger charge is -2.17. The third-order valence-corrected chi connectivity index (χ3v) is 2.93. The smallest absolute Gasteiger partial charge is 0.303 e. The van der Waals surface area contributed by atoms with E-state index in [1.807, 2.05) is 26.0 Å². The van der Waals surface area contributed by atoms with E-state index in [2.05, 4.69) is 26.0 Å². The minimum absolute atomic E-state index is 0.165. The van der Waals surface area contributed by atoms with Crippen LogP contribution in [0.5, 0.6) is 0 Å². The van der Waals surface area contributed by atoms with Gasteiger partial charge in [-0.25, -0.2) is 0 Å². The summed E-state index contributed by atoms with van der Waals surface area (Å²) < 4.78 is 0. The highest BCUT2D eigenvalue weighted by Gasteiger charge is 2.16. The van der Waals surface area contributed by atoms with E-state index in [1.54, 1.807) is 0 Å². The van der Waals surface area contributed by atoms with E-state index in [1.165, 1.54) is 11.1 Å². The number of hydrogen-bond acceptors (Lipinski definition) is 1. The molecule has 1 rings (SSSR count). The van der Waals surface area contributed by atoms with Gasteiger partial charge in [-0.1, -0.05) is 58.4 Å². The number of carboxylic acid groups (broad SMARTS) is 1. The lowest BCUT2D eigenvalue weighted by atomic mass is 9.87. The van der Waals surface area contributed by atoms with E-state index in [0.29, 0.717) is 0 Å². The molecular formula is C16H26O2. The Hall–Kier alpha value is -1.31. The first-order valence-corrected chi connectivity index (χ1v) is 6.98. The van der Waals surface area contributed by atoms with Gasteiger partial charge in [0.25, 0.3) is 0 Å². The number of benzene rings is 1. The molecule has 0 bridgehead atoms. The maximum absolute atomic E-state index is 10.9. The largest absolute Gasteiger partial charge is 0.481 e. The number of rotatable bonds is 6. The predicted octanol–water partition coefficient (Wildman–Crippen LogP) is 4.63. The summed E-state index contributed by atoms with van der Waals surface area (Å²) in [6.45, 7) is 8.21. The molecule has 0 saturated heterocycles. The van der Waals surface area contributed by atoms with E-state index in [4.69, 9.17) is 5.11 Å². The minimum Gasteiger partial charge on any atom is -0.481 e. The van der Waals surface area contributed by atoms with Crippen molar-refractivity contribution in [3.8, 4) is 0 Å². The zero-order chi connectivity index (χ0) is 14.0. The second-order valence-corrected chi connectivity index (χ2v) is 4.14. The van der Waals surface area contributed by atoms with Crippen LogP contribution in [0.3, 0.4) is 0 Å². The number of carboxylic acids is 1. The van der Waals surface area contributed by atoms with Gasteiger partial charge in [0, 0.05) is 0 Å². The van der Waals surface area contributed by atoms with Crippen molar-refractivity contribution in [2.75, 3.05) is 0 Å². The summed E-state index contributed by atoms with van der Waals surface area (Å²) >= 11 is 0. The van der Waals surface area contributed by atoms with E-state index in [9.17, 15) is 4.79 Å². The second-order valence-electron chi connectivity index (χ2n) is 4.14. The molecule has 0 spiro atoms. The first-order chi connectivity index (χ1) is 8.69. The first-order valence-electron chi connectivity index (χ1n) is 6.98. The predicted molar refractivity (Wildman–Crippen MR) is 77.1 cm³/mol. The normalized spacial score (nSPS) is 11.3. The number of hydrogen-bond donors (Lipinski definition) is 1. The van der Waals surface area contributed by atoms with Gasteiger partial charge in [0.15, 0.2) is 0 Å².